The SMILES string of the molecule is Cc1cc(C(=O)N[C@@H](C)c2ccccc2)cc2c1N(C)S(=O)(=O)c1ccccc1-2. The standard InChI is InChI=1S/C23H22N2O3S/c1-15-13-18(23(26)24-16(2)17-9-5-4-6-10-17)14-20-19-11-7-8-12-21(19)29(27,28)25(3)22(15)20/h4-14,16H,1-3H3,(H,24,26)/t16-/m0/s1. The molecular weight excluding hydrogens is 384 g/mol. The molecule has 1 N–H and O–H groups in total. The highest BCUT2D eigenvalue weighted by Crippen LogP contribution is 2.44. The minimum absolute atomic E-state index is 0.143. The van der Waals surface area contributed by atoms with Crippen LogP contribution in [0.5, 0.6) is 0 Å². The summed E-state index contributed by atoms with van der Waals surface area (Å²) in [7, 11) is -2.06. The fraction of sp³-hybridized carbons (Fsp3) is 0.174. The van der Waals surface area contributed by atoms with Crippen molar-refractivity contribution < 1.29 is 13.2 Å². The molecule has 3 aromatic rings. The Bertz CT molecular complexity index is 1200. The van der Waals surface area contributed by atoms with E-state index in [0.717, 1.165) is 16.7 Å². The zero-order valence-corrected chi connectivity index (χ0v) is 17.3. The number of amides is 1. The first-order valence-electron chi connectivity index (χ1n) is 9.39. The van der Waals surface area contributed by atoms with Gasteiger partial charge in [0.05, 0.1) is 16.6 Å². The number of nitrogens with zero attached hydrogens (tertiary/aromatic N) is 1. The van der Waals surface area contributed by atoms with Gasteiger partial charge in [0.15, 0.2) is 0 Å². The number of aryl methyl sites for hydroxylation is 1. The van der Waals surface area contributed by atoms with Crippen molar-refractivity contribution in [2.75, 3.05) is 11.4 Å². The first kappa shape index (κ1) is 19.2. The smallest absolute Gasteiger partial charge is 0.264 e. The molecule has 6 heteroatoms. The van der Waals surface area contributed by atoms with Crippen LogP contribution in [0, 0.1) is 6.92 Å². The van der Waals surface area contributed by atoms with Crippen molar-refractivity contribution in [2.24, 2.45) is 0 Å². The summed E-state index contributed by atoms with van der Waals surface area (Å²) in [5, 5.41) is 3.03. The molecule has 0 aliphatic carbocycles. The van der Waals surface area contributed by atoms with E-state index in [1.807, 2.05) is 50.2 Å². The van der Waals surface area contributed by atoms with Gasteiger partial charge in [-0.3, -0.25) is 9.10 Å². The molecule has 0 unspecified atom stereocenters. The van der Waals surface area contributed by atoms with Crippen molar-refractivity contribution >= 4 is 21.6 Å². The van der Waals surface area contributed by atoms with Crippen LogP contribution in [0.1, 0.15) is 34.5 Å². The number of carbonyl (C=O) groups excluding carboxylic acids is 1. The third-order valence-electron chi connectivity index (χ3n) is 5.34. The Hall–Kier alpha value is -3.12. The highest BCUT2D eigenvalue weighted by molar-refractivity contribution is 7.93. The maximum absolute atomic E-state index is 12.9. The van der Waals surface area contributed by atoms with Gasteiger partial charge in [-0.15, -0.1) is 0 Å². The lowest BCUT2D eigenvalue weighted by molar-refractivity contribution is 0.0940. The van der Waals surface area contributed by atoms with Gasteiger partial charge in [0.2, 0.25) is 0 Å². The normalized spacial score (nSPS) is 15.2. The summed E-state index contributed by atoms with van der Waals surface area (Å²) >= 11 is 0. The zero-order valence-electron chi connectivity index (χ0n) is 16.5. The van der Waals surface area contributed by atoms with E-state index in [1.165, 1.54) is 4.31 Å². The molecule has 148 valence electrons. The number of sulfonamides is 1. The van der Waals surface area contributed by atoms with E-state index in [9.17, 15) is 13.2 Å². The summed E-state index contributed by atoms with van der Waals surface area (Å²) in [6, 6.07) is 20.0. The number of nitrogens with one attached hydrogen (secondary N) is 1. The highest BCUT2D eigenvalue weighted by Gasteiger charge is 2.34. The maximum Gasteiger partial charge on any atom is 0.264 e. The van der Waals surface area contributed by atoms with E-state index in [1.54, 1.807) is 37.4 Å². The molecule has 1 amide bonds. The van der Waals surface area contributed by atoms with Crippen LogP contribution in [0.4, 0.5) is 5.69 Å². The molecule has 5 nitrogen and oxygen atoms in total. The molecule has 0 bridgehead atoms. The maximum atomic E-state index is 12.9. The molecule has 1 aliphatic rings. The van der Waals surface area contributed by atoms with Gasteiger partial charge < -0.3 is 5.32 Å². The zero-order chi connectivity index (χ0) is 20.8. The van der Waals surface area contributed by atoms with Crippen LogP contribution in [0.15, 0.2) is 71.6 Å². The van der Waals surface area contributed by atoms with E-state index in [0.29, 0.717) is 16.8 Å². The molecule has 1 aliphatic heterocycles. The first-order chi connectivity index (χ1) is 13.8. The molecule has 1 heterocycles. The van der Waals surface area contributed by atoms with E-state index in [-0.39, 0.29) is 16.8 Å². The largest absolute Gasteiger partial charge is 0.346 e. The third-order valence-corrected chi connectivity index (χ3v) is 7.16. The van der Waals surface area contributed by atoms with Crippen LogP contribution in [-0.2, 0) is 10.0 Å². The molecule has 29 heavy (non-hydrogen) atoms. The van der Waals surface area contributed by atoms with Crippen molar-refractivity contribution in [1.82, 2.24) is 5.32 Å². The molecule has 0 saturated carbocycles. The number of rotatable bonds is 3. The molecule has 0 saturated heterocycles. The van der Waals surface area contributed by atoms with Gasteiger partial charge in [0, 0.05) is 23.7 Å². The van der Waals surface area contributed by atoms with Crippen molar-refractivity contribution in [2.45, 2.75) is 24.8 Å². The molecule has 3 aromatic carbocycles. The molecule has 0 fully saturated rings. The lowest BCUT2D eigenvalue weighted by Gasteiger charge is -2.31. The van der Waals surface area contributed by atoms with E-state index in [4.69, 9.17) is 0 Å². The quantitative estimate of drug-likeness (QED) is 0.706. The van der Waals surface area contributed by atoms with Crippen LogP contribution in [-0.4, -0.2) is 21.4 Å². The average Bonchev–Trinajstić information content (AvgIpc) is 2.72. The van der Waals surface area contributed by atoms with Crippen molar-refractivity contribution in [1.29, 1.82) is 0 Å². The van der Waals surface area contributed by atoms with Gasteiger partial charge in [-0.2, -0.15) is 0 Å². The summed E-state index contributed by atoms with van der Waals surface area (Å²) in [5.41, 5.74) is 4.24. The van der Waals surface area contributed by atoms with Gasteiger partial charge >= 0.3 is 0 Å². The van der Waals surface area contributed by atoms with Gasteiger partial charge in [0.25, 0.3) is 15.9 Å². The van der Waals surface area contributed by atoms with Crippen LogP contribution in [0.3, 0.4) is 0 Å². The van der Waals surface area contributed by atoms with E-state index < -0.39 is 10.0 Å². The second-order valence-corrected chi connectivity index (χ2v) is 9.20. The molecule has 0 spiro atoms. The number of hydrogen-bond acceptors (Lipinski definition) is 3. The Kier molecular flexibility index (Phi) is 4.67. The summed E-state index contributed by atoms with van der Waals surface area (Å²) in [5.74, 6) is -0.194. The number of anilines is 1. The van der Waals surface area contributed by atoms with Gasteiger partial charge in [0.1, 0.15) is 0 Å². The predicted octanol–water partition coefficient (Wildman–Crippen LogP) is 4.29. The monoisotopic (exact) mass is 406 g/mol. The van der Waals surface area contributed by atoms with Gasteiger partial charge in [-0.25, -0.2) is 8.42 Å². The second kappa shape index (κ2) is 7.04. The molecule has 0 radical (unpaired) electrons. The van der Waals surface area contributed by atoms with Crippen LogP contribution >= 0.6 is 0 Å². The van der Waals surface area contributed by atoms with Gasteiger partial charge in [-0.1, -0.05) is 48.5 Å². The minimum Gasteiger partial charge on any atom is -0.346 e. The fourth-order valence-electron chi connectivity index (χ4n) is 3.82. The lowest BCUT2D eigenvalue weighted by Crippen LogP contribution is -2.32. The van der Waals surface area contributed by atoms with Crippen molar-refractivity contribution in [3.63, 3.8) is 0 Å². The Labute approximate surface area is 171 Å². The fourth-order valence-corrected chi connectivity index (χ4v) is 5.30. The Balaban J connectivity index is 1.77. The second-order valence-electron chi connectivity index (χ2n) is 7.26. The molecule has 4 rings (SSSR count). The Morgan fingerprint density at radius 2 is 1.62 bits per heavy atom. The third kappa shape index (κ3) is 3.19. The van der Waals surface area contributed by atoms with E-state index >= 15 is 0 Å². The lowest BCUT2D eigenvalue weighted by atomic mass is 9.96. The average molecular weight is 407 g/mol. The van der Waals surface area contributed by atoms with Crippen molar-refractivity contribution in [3.8, 4) is 11.1 Å². The number of fused-ring (bicyclic) bond motifs is 3. The minimum atomic E-state index is -3.61. The van der Waals surface area contributed by atoms with E-state index in [2.05, 4.69) is 5.32 Å². The van der Waals surface area contributed by atoms with Crippen LogP contribution < -0.4 is 9.62 Å². The van der Waals surface area contributed by atoms with Crippen LogP contribution in [0.2, 0.25) is 0 Å². The first-order valence-corrected chi connectivity index (χ1v) is 10.8. The summed E-state index contributed by atoms with van der Waals surface area (Å²) in [6.07, 6.45) is 0. The summed E-state index contributed by atoms with van der Waals surface area (Å²) in [6.45, 7) is 3.77. The predicted molar refractivity (Wildman–Crippen MR) is 115 cm³/mol. The van der Waals surface area contributed by atoms with Crippen molar-refractivity contribution in [3.05, 3.63) is 83.4 Å². The van der Waals surface area contributed by atoms with Gasteiger partial charge in [-0.05, 0) is 43.2 Å². The number of benzene rings is 3. The number of carbonyl (C=O) groups is 1. The summed E-state index contributed by atoms with van der Waals surface area (Å²) in [4.78, 5) is 13.2. The molecular formula is C23H22N2O3S. The Morgan fingerprint density at radius 1 is 0.966 bits per heavy atom. The topological polar surface area (TPSA) is 66.5 Å². The Morgan fingerprint density at radius 3 is 2.34 bits per heavy atom. The van der Waals surface area contributed by atoms with Crippen LogP contribution in [0.25, 0.3) is 11.1 Å². The summed E-state index contributed by atoms with van der Waals surface area (Å²) < 4.78 is 27.1. The number of hydrogen-bond donors (Lipinski definition) is 1. The molecule has 0 aromatic heterocycles. The molecule has 1 atom stereocenters. The highest BCUT2D eigenvalue weighted by atomic mass is 32.2.